The van der Waals surface area contributed by atoms with Crippen molar-refractivity contribution < 1.29 is 14.3 Å². The predicted molar refractivity (Wildman–Crippen MR) is 132 cm³/mol. The lowest BCUT2D eigenvalue weighted by molar-refractivity contribution is -0.124. The fraction of sp³-hybridized carbons (Fsp3) is 0.667. The van der Waals surface area contributed by atoms with Gasteiger partial charge in [0, 0.05) is 22.8 Å². The first kappa shape index (κ1) is 24.0. The molecule has 4 rings (SSSR count). The molecule has 6 heteroatoms. The number of rotatable bonds is 5. The summed E-state index contributed by atoms with van der Waals surface area (Å²) in [7, 11) is 1.41. The summed E-state index contributed by atoms with van der Waals surface area (Å²) in [4.78, 5) is 30.4. The van der Waals surface area contributed by atoms with Gasteiger partial charge in [0.15, 0.2) is 0 Å². The largest absolute Gasteiger partial charge is 0.465 e. The summed E-state index contributed by atoms with van der Waals surface area (Å²) in [5.74, 6) is 0.551. The molecule has 0 saturated heterocycles. The summed E-state index contributed by atoms with van der Waals surface area (Å²) in [5, 5.41) is 9.37. The molecule has 0 aliphatic heterocycles. The number of methoxy groups -OCH3 is 1. The highest BCUT2D eigenvalue weighted by Gasteiger charge is 2.37. The number of nitriles is 1. The van der Waals surface area contributed by atoms with Crippen LogP contribution in [-0.2, 0) is 9.53 Å². The molecule has 1 heterocycles. The average Bonchev–Trinajstić information content (AvgIpc) is 3.30. The minimum Gasteiger partial charge on any atom is -0.465 e. The number of nitrogens with zero attached hydrogens (tertiary/aromatic N) is 2. The molecule has 33 heavy (non-hydrogen) atoms. The maximum absolute atomic E-state index is 14.0. The van der Waals surface area contributed by atoms with Crippen LogP contribution in [0.3, 0.4) is 0 Å². The number of thiophene rings is 1. The molecular weight excluding hydrogens is 432 g/mol. The highest BCUT2D eigenvalue weighted by molar-refractivity contribution is 7.15. The molecule has 0 radical (unpaired) electrons. The fourth-order valence-electron chi connectivity index (χ4n) is 5.68. The molecule has 2 saturated carbocycles. The molecule has 3 aliphatic carbocycles. The van der Waals surface area contributed by atoms with Crippen LogP contribution >= 0.6 is 11.3 Å². The van der Waals surface area contributed by atoms with Gasteiger partial charge >= 0.3 is 5.97 Å². The van der Waals surface area contributed by atoms with Gasteiger partial charge in [-0.2, -0.15) is 5.26 Å². The summed E-state index contributed by atoms with van der Waals surface area (Å²) < 4.78 is 5.16. The van der Waals surface area contributed by atoms with Crippen LogP contribution in [0.25, 0.3) is 5.57 Å². The van der Waals surface area contributed by atoms with Gasteiger partial charge < -0.3 is 9.64 Å². The normalized spacial score (nSPS) is 27.8. The molecular formula is C27H36N2O3S. The first-order valence-electron chi connectivity index (χ1n) is 12.7. The van der Waals surface area contributed by atoms with Gasteiger partial charge in [0.05, 0.1) is 18.9 Å². The number of carbonyl (C=O) groups excluding carboxylic acids is 2. The number of ether oxygens (including phenoxy) is 1. The summed E-state index contributed by atoms with van der Waals surface area (Å²) in [5.41, 5.74) is 2.02. The maximum Gasteiger partial charge on any atom is 0.350 e. The molecule has 0 bridgehead atoms. The lowest BCUT2D eigenvalue weighted by atomic mass is 9.81. The zero-order valence-corrected chi connectivity index (χ0v) is 20.8. The highest BCUT2D eigenvalue weighted by Crippen LogP contribution is 2.42. The monoisotopic (exact) mass is 468 g/mol. The third-order valence-corrected chi connectivity index (χ3v) is 8.98. The Morgan fingerprint density at radius 1 is 1.09 bits per heavy atom. The molecule has 178 valence electrons. The SMILES string of the molecule is COC(=O)c1sc(C2=CCCCC2)cc1N(C(=O)[C@H]1CC[C@H](C)CC1)[C@H]1CC[C@H](C#N)CC1. The Morgan fingerprint density at radius 2 is 1.82 bits per heavy atom. The van der Waals surface area contributed by atoms with Crippen LogP contribution in [0, 0.1) is 29.1 Å². The van der Waals surface area contributed by atoms with Crippen molar-refractivity contribution in [2.75, 3.05) is 12.0 Å². The van der Waals surface area contributed by atoms with Crippen molar-refractivity contribution in [2.45, 2.75) is 90.0 Å². The van der Waals surface area contributed by atoms with Crippen LogP contribution in [0.15, 0.2) is 12.1 Å². The topological polar surface area (TPSA) is 70.4 Å². The Hall–Kier alpha value is -2.13. The number of anilines is 1. The van der Waals surface area contributed by atoms with Gasteiger partial charge in [-0.05, 0) is 94.6 Å². The molecule has 0 aromatic carbocycles. The quantitative estimate of drug-likeness (QED) is 0.449. The molecule has 1 amide bonds. The summed E-state index contributed by atoms with van der Waals surface area (Å²) in [6.45, 7) is 2.26. The van der Waals surface area contributed by atoms with Crippen molar-refractivity contribution in [3.63, 3.8) is 0 Å². The zero-order valence-electron chi connectivity index (χ0n) is 20.0. The number of amides is 1. The summed E-state index contributed by atoms with van der Waals surface area (Å²) >= 11 is 1.47. The van der Waals surface area contributed by atoms with Gasteiger partial charge in [-0.1, -0.05) is 13.0 Å². The van der Waals surface area contributed by atoms with E-state index in [0.29, 0.717) is 10.8 Å². The fourth-order valence-corrected chi connectivity index (χ4v) is 6.82. The number of hydrogen-bond donors (Lipinski definition) is 0. The molecule has 1 aromatic heterocycles. The van der Waals surface area contributed by atoms with Crippen LogP contribution in [0.4, 0.5) is 5.69 Å². The lowest BCUT2D eigenvalue weighted by Crippen LogP contribution is -2.46. The molecule has 5 nitrogen and oxygen atoms in total. The lowest BCUT2D eigenvalue weighted by Gasteiger charge is -2.38. The average molecular weight is 469 g/mol. The minimum atomic E-state index is -0.363. The van der Waals surface area contributed by atoms with Crippen molar-refractivity contribution in [3.8, 4) is 6.07 Å². The van der Waals surface area contributed by atoms with Crippen LogP contribution in [0.2, 0.25) is 0 Å². The van der Waals surface area contributed by atoms with Crippen molar-refractivity contribution in [1.82, 2.24) is 0 Å². The number of allylic oxidation sites excluding steroid dienone is 2. The molecule has 1 aromatic rings. The van der Waals surface area contributed by atoms with Gasteiger partial charge in [0.25, 0.3) is 0 Å². The van der Waals surface area contributed by atoms with Crippen molar-refractivity contribution in [1.29, 1.82) is 5.26 Å². The molecule has 0 spiro atoms. The third-order valence-electron chi connectivity index (χ3n) is 7.80. The first-order valence-corrected chi connectivity index (χ1v) is 13.5. The number of hydrogen-bond acceptors (Lipinski definition) is 5. The van der Waals surface area contributed by atoms with Gasteiger partial charge in [-0.25, -0.2) is 4.79 Å². The van der Waals surface area contributed by atoms with E-state index in [1.54, 1.807) is 0 Å². The predicted octanol–water partition coefficient (Wildman–Crippen LogP) is 6.73. The van der Waals surface area contributed by atoms with E-state index in [4.69, 9.17) is 4.74 Å². The van der Waals surface area contributed by atoms with E-state index in [2.05, 4.69) is 25.1 Å². The molecule has 3 aliphatic rings. The molecule has 0 N–H and O–H groups in total. The van der Waals surface area contributed by atoms with Crippen LogP contribution in [0.5, 0.6) is 0 Å². The van der Waals surface area contributed by atoms with E-state index in [0.717, 1.165) is 81.2 Å². The van der Waals surface area contributed by atoms with Crippen molar-refractivity contribution in [2.24, 2.45) is 17.8 Å². The van der Waals surface area contributed by atoms with Gasteiger partial charge in [-0.3, -0.25) is 4.79 Å². The minimum absolute atomic E-state index is 0.0117. The second-order valence-electron chi connectivity index (χ2n) is 10.1. The molecule has 0 unspecified atom stereocenters. The van der Waals surface area contributed by atoms with E-state index in [-0.39, 0.29) is 29.8 Å². The van der Waals surface area contributed by atoms with E-state index in [1.165, 1.54) is 30.4 Å². The van der Waals surface area contributed by atoms with E-state index >= 15 is 0 Å². The summed E-state index contributed by atoms with van der Waals surface area (Å²) in [6.07, 6.45) is 14.0. The van der Waals surface area contributed by atoms with Crippen LogP contribution in [0.1, 0.15) is 98.5 Å². The second kappa shape index (κ2) is 10.9. The Balaban J connectivity index is 1.71. The highest BCUT2D eigenvalue weighted by atomic mass is 32.1. The van der Waals surface area contributed by atoms with Crippen molar-refractivity contribution >= 4 is 34.5 Å². The summed E-state index contributed by atoms with van der Waals surface area (Å²) in [6, 6.07) is 4.52. The second-order valence-corrected chi connectivity index (χ2v) is 11.1. The van der Waals surface area contributed by atoms with E-state index in [1.807, 2.05) is 4.90 Å². The first-order chi connectivity index (χ1) is 16.0. The Kier molecular flexibility index (Phi) is 7.90. The Bertz CT molecular complexity index is 928. The third kappa shape index (κ3) is 5.35. The Morgan fingerprint density at radius 3 is 2.42 bits per heavy atom. The Labute approximate surface area is 201 Å². The van der Waals surface area contributed by atoms with Crippen LogP contribution < -0.4 is 4.90 Å². The van der Waals surface area contributed by atoms with Gasteiger partial charge in [-0.15, -0.1) is 11.3 Å². The van der Waals surface area contributed by atoms with Crippen molar-refractivity contribution in [3.05, 3.63) is 21.9 Å². The van der Waals surface area contributed by atoms with Gasteiger partial charge in [0.2, 0.25) is 5.91 Å². The van der Waals surface area contributed by atoms with Gasteiger partial charge in [0.1, 0.15) is 4.88 Å². The van der Waals surface area contributed by atoms with E-state index in [9.17, 15) is 14.9 Å². The number of esters is 1. The zero-order chi connectivity index (χ0) is 23.4. The maximum atomic E-state index is 14.0. The standard InChI is InChI=1S/C27H36N2O3S/c1-18-8-12-21(13-9-18)26(30)29(22-14-10-19(17-28)11-15-22)23-16-24(20-6-4-3-5-7-20)33-25(23)27(31)32-2/h6,16,18-19,21-22H,3-5,7-15H2,1-2H3/t18-,19-,21-,22-. The number of carbonyl (C=O) groups is 2. The van der Waals surface area contributed by atoms with E-state index < -0.39 is 0 Å². The van der Waals surface area contributed by atoms with Crippen LogP contribution in [-0.4, -0.2) is 25.0 Å². The smallest absolute Gasteiger partial charge is 0.350 e. The molecule has 2 fully saturated rings. The molecule has 0 atom stereocenters.